The molecule has 2 aromatic heterocycles. The third-order valence-electron chi connectivity index (χ3n) is 6.71. The van der Waals surface area contributed by atoms with Gasteiger partial charge in [0.2, 0.25) is 5.91 Å². The summed E-state index contributed by atoms with van der Waals surface area (Å²) in [6.45, 7) is 3.53. The maximum Gasteiger partial charge on any atom is 0.321 e. The van der Waals surface area contributed by atoms with Crippen molar-refractivity contribution in [1.29, 1.82) is 0 Å². The molecule has 0 atom stereocenters. The predicted octanol–water partition coefficient (Wildman–Crippen LogP) is 3.56. The number of pyridine rings is 1. The van der Waals surface area contributed by atoms with Crippen molar-refractivity contribution in [3.8, 4) is 5.75 Å². The van der Waals surface area contributed by atoms with Crippen LogP contribution in [0, 0.1) is 6.92 Å². The Labute approximate surface area is 198 Å². The van der Waals surface area contributed by atoms with Gasteiger partial charge in [0.1, 0.15) is 11.6 Å². The van der Waals surface area contributed by atoms with Crippen molar-refractivity contribution < 1.29 is 14.3 Å². The number of aryl methyl sites for hydroxylation is 1. The lowest BCUT2D eigenvalue weighted by Gasteiger charge is -2.46. The first-order valence-electron chi connectivity index (χ1n) is 11.4. The topological polar surface area (TPSA) is 92.6 Å². The van der Waals surface area contributed by atoms with Crippen molar-refractivity contribution in [2.75, 3.05) is 30.4 Å². The van der Waals surface area contributed by atoms with Crippen LogP contribution in [0.5, 0.6) is 5.75 Å². The normalized spacial score (nSPS) is 16.9. The lowest BCUT2D eigenvalue weighted by atomic mass is 9.82. The number of anilines is 2. The highest BCUT2D eigenvalue weighted by Crippen LogP contribution is 2.42. The van der Waals surface area contributed by atoms with Crippen LogP contribution in [-0.2, 0) is 16.9 Å². The third kappa shape index (κ3) is 4.09. The van der Waals surface area contributed by atoms with E-state index in [2.05, 4.69) is 10.3 Å². The molecule has 5 rings (SSSR count). The molecular formula is C25H28N6O3. The van der Waals surface area contributed by atoms with Crippen LogP contribution < -0.4 is 15.0 Å². The van der Waals surface area contributed by atoms with E-state index in [9.17, 15) is 9.59 Å². The van der Waals surface area contributed by atoms with Gasteiger partial charge in [0.05, 0.1) is 31.3 Å². The van der Waals surface area contributed by atoms with Crippen LogP contribution in [0.3, 0.4) is 0 Å². The molecule has 4 heterocycles. The van der Waals surface area contributed by atoms with Crippen LogP contribution in [-0.4, -0.2) is 51.8 Å². The van der Waals surface area contributed by atoms with Crippen molar-refractivity contribution in [3.05, 3.63) is 66.1 Å². The molecule has 1 N–H and O–H groups in total. The van der Waals surface area contributed by atoms with Gasteiger partial charge in [-0.1, -0.05) is 6.07 Å². The van der Waals surface area contributed by atoms with Gasteiger partial charge < -0.3 is 15.0 Å². The minimum Gasteiger partial charge on any atom is -0.497 e. The second-order valence-electron chi connectivity index (χ2n) is 8.94. The summed E-state index contributed by atoms with van der Waals surface area (Å²) < 4.78 is 7.26. The summed E-state index contributed by atoms with van der Waals surface area (Å²) in [5, 5.41) is 7.74. The number of carbonyl (C=O) groups is 2. The van der Waals surface area contributed by atoms with Crippen molar-refractivity contribution in [2.45, 2.75) is 38.3 Å². The molecule has 2 aliphatic heterocycles. The van der Waals surface area contributed by atoms with Gasteiger partial charge in [-0.3, -0.25) is 14.7 Å². The highest BCUT2D eigenvalue weighted by atomic mass is 16.5. The highest BCUT2D eigenvalue weighted by molar-refractivity contribution is 5.95. The van der Waals surface area contributed by atoms with Crippen LogP contribution in [0.2, 0.25) is 0 Å². The van der Waals surface area contributed by atoms with E-state index in [1.165, 1.54) is 0 Å². The van der Waals surface area contributed by atoms with Crippen molar-refractivity contribution >= 4 is 23.4 Å². The second-order valence-corrected chi connectivity index (χ2v) is 8.94. The second kappa shape index (κ2) is 8.81. The van der Waals surface area contributed by atoms with Crippen LogP contribution in [0.1, 0.15) is 30.5 Å². The number of nitrogens with one attached hydrogen (secondary N) is 1. The summed E-state index contributed by atoms with van der Waals surface area (Å²) in [7, 11) is 1.60. The summed E-state index contributed by atoms with van der Waals surface area (Å²) in [5.74, 6) is 1.59. The zero-order chi connectivity index (χ0) is 23.7. The molecule has 2 aliphatic rings. The molecule has 34 heavy (non-hydrogen) atoms. The number of methoxy groups -OCH3 is 1. The summed E-state index contributed by atoms with van der Waals surface area (Å²) in [6, 6.07) is 13.0. The highest BCUT2D eigenvalue weighted by Gasteiger charge is 2.46. The first kappa shape index (κ1) is 21.9. The molecular weight excluding hydrogens is 432 g/mol. The van der Waals surface area contributed by atoms with Crippen LogP contribution in [0.15, 0.2) is 54.9 Å². The number of fused-ring (bicyclic) bond motifs is 2. The van der Waals surface area contributed by atoms with Gasteiger partial charge in [-0.2, -0.15) is 5.10 Å². The fourth-order valence-corrected chi connectivity index (χ4v) is 4.86. The minimum absolute atomic E-state index is 0.0819. The van der Waals surface area contributed by atoms with E-state index < -0.39 is 5.54 Å². The quantitative estimate of drug-likeness (QED) is 0.643. The van der Waals surface area contributed by atoms with Crippen LogP contribution in [0.25, 0.3) is 0 Å². The molecule has 0 bridgehead atoms. The standard InChI is InChI=1S/C25H28N6O3/c1-18-14-22-30(17-19-6-10-26-11-7-19)23(32)16-25(31(22)28-18)8-12-29(13-9-25)24(33)27-20-4-3-5-21(15-20)34-2/h3-7,10-11,14-15H,8-9,12-13,16-17H2,1-2H3,(H,27,33). The number of amides is 3. The fraction of sp³-hybridized carbons (Fsp3) is 0.360. The van der Waals surface area contributed by atoms with Gasteiger partial charge >= 0.3 is 6.03 Å². The van der Waals surface area contributed by atoms with Crippen LogP contribution >= 0.6 is 0 Å². The molecule has 0 saturated carbocycles. The number of nitrogens with zero attached hydrogens (tertiary/aromatic N) is 5. The molecule has 3 aromatic rings. The molecule has 9 heteroatoms. The average Bonchev–Trinajstić information content (AvgIpc) is 3.25. The number of hydrogen-bond donors (Lipinski definition) is 1. The molecule has 1 fully saturated rings. The molecule has 0 radical (unpaired) electrons. The number of benzene rings is 1. The Hall–Kier alpha value is -3.88. The summed E-state index contributed by atoms with van der Waals surface area (Å²) in [5.41, 5.74) is 2.17. The lowest BCUT2D eigenvalue weighted by molar-refractivity contribution is -0.123. The molecule has 1 spiro atoms. The lowest BCUT2D eigenvalue weighted by Crippen LogP contribution is -2.55. The van der Waals surface area contributed by atoms with E-state index in [4.69, 9.17) is 9.84 Å². The summed E-state index contributed by atoms with van der Waals surface area (Å²) in [6.07, 6.45) is 5.18. The van der Waals surface area contributed by atoms with E-state index in [1.54, 1.807) is 30.5 Å². The number of rotatable bonds is 4. The van der Waals surface area contributed by atoms with E-state index in [0.717, 1.165) is 17.1 Å². The van der Waals surface area contributed by atoms with E-state index in [-0.39, 0.29) is 11.9 Å². The molecule has 3 amide bonds. The Morgan fingerprint density at radius 3 is 2.65 bits per heavy atom. The van der Waals surface area contributed by atoms with E-state index in [0.29, 0.717) is 50.3 Å². The summed E-state index contributed by atoms with van der Waals surface area (Å²) in [4.78, 5) is 33.9. The Morgan fingerprint density at radius 2 is 1.91 bits per heavy atom. The molecule has 0 aliphatic carbocycles. The molecule has 9 nitrogen and oxygen atoms in total. The largest absolute Gasteiger partial charge is 0.497 e. The number of aromatic nitrogens is 3. The van der Waals surface area contributed by atoms with Gasteiger partial charge in [0.25, 0.3) is 0 Å². The maximum absolute atomic E-state index is 13.3. The van der Waals surface area contributed by atoms with Gasteiger partial charge in [0.15, 0.2) is 0 Å². The molecule has 0 unspecified atom stereocenters. The number of ether oxygens (including phenoxy) is 1. The summed E-state index contributed by atoms with van der Waals surface area (Å²) >= 11 is 0. The van der Waals surface area contributed by atoms with Crippen molar-refractivity contribution in [1.82, 2.24) is 19.7 Å². The molecule has 1 aromatic carbocycles. The number of urea groups is 1. The Morgan fingerprint density at radius 1 is 1.15 bits per heavy atom. The smallest absolute Gasteiger partial charge is 0.321 e. The van der Waals surface area contributed by atoms with Crippen molar-refractivity contribution in [2.24, 2.45) is 0 Å². The van der Waals surface area contributed by atoms with E-state index >= 15 is 0 Å². The number of piperidine rings is 1. The van der Waals surface area contributed by atoms with Crippen molar-refractivity contribution in [3.63, 3.8) is 0 Å². The van der Waals surface area contributed by atoms with Gasteiger partial charge in [-0.15, -0.1) is 0 Å². The van der Waals surface area contributed by atoms with Gasteiger partial charge in [0, 0.05) is 43.3 Å². The SMILES string of the molecule is COc1cccc(NC(=O)N2CCC3(CC2)CC(=O)N(Cc2ccncc2)c2cc(C)nn23)c1. The fourth-order valence-electron chi connectivity index (χ4n) is 4.86. The molecule has 1 saturated heterocycles. The zero-order valence-corrected chi connectivity index (χ0v) is 19.4. The van der Waals surface area contributed by atoms with Crippen LogP contribution in [0.4, 0.5) is 16.3 Å². The minimum atomic E-state index is -0.415. The number of likely N-dealkylation sites (tertiary alicyclic amines) is 1. The zero-order valence-electron chi connectivity index (χ0n) is 19.4. The van der Waals surface area contributed by atoms with Gasteiger partial charge in [-0.25, -0.2) is 9.48 Å². The first-order chi connectivity index (χ1) is 16.5. The third-order valence-corrected chi connectivity index (χ3v) is 6.71. The Bertz CT molecular complexity index is 1200. The Kier molecular flexibility index (Phi) is 5.69. The van der Waals surface area contributed by atoms with Gasteiger partial charge in [-0.05, 0) is 49.6 Å². The molecule has 176 valence electrons. The number of hydrogen-bond acceptors (Lipinski definition) is 5. The maximum atomic E-state index is 13.3. The number of carbonyl (C=O) groups excluding carboxylic acids is 2. The monoisotopic (exact) mass is 460 g/mol. The predicted molar refractivity (Wildman–Crippen MR) is 128 cm³/mol. The first-order valence-corrected chi connectivity index (χ1v) is 11.4. The average molecular weight is 461 g/mol. The Balaban J connectivity index is 1.32. The van der Waals surface area contributed by atoms with E-state index in [1.807, 2.05) is 52.9 Å².